The van der Waals surface area contributed by atoms with Crippen molar-refractivity contribution in [2.75, 3.05) is 66.1 Å². The maximum atomic E-state index is 13.9. The molecule has 60 heavy (non-hydrogen) atoms. The predicted molar refractivity (Wildman–Crippen MR) is 247 cm³/mol. The first-order valence-electron chi connectivity index (χ1n) is 22.8. The monoisotopic (exact) mass is 964 g/mol. The van der Waals surface area contributed by atoms with Gasteiger partial charge in [0.15, 0.2) is 0 Å². The molecule has 0 bridgehead atoms. The van der Waals surface area contributed by atoms with Crippen molar-refractivity contribution >= 4 is 38.0 Å². The highest BCUT2D eigenvalue weighted by Gasteiger charge is 2.49. The lowest BCUT2D eigenvalue weighted by atomic mass is 10.1. The quantitative estimate of drug-likeness (QED) is 0.0419. The third kappa shape index (κ3) is 22.3. The highest BCUT2D eigenvalue weighted by Crippen LogP contribution is 2.66. The Morgan fingerprint density at radius 2 is 0.567 bits per heavy atom. The van der Waals surface area contributed by atoms with E-state index < -0.39 is 49.3 Å². The summed E-state index contributed by atoms with van der Waals surface area (Å²) in [6.07, 6.45) is 8.10. The molecular weight excluding hydrogens is 875 g/mol. The average molecular weight is 965 g/mol. The zero-order chi connectivity index (χ0) is 46.3. The van der Waals surface area contributed by atoms with Crippen LogP contribution in [-0.4, -0.2) is 94.4 Å². The van der Waals surface area contributed by atoms with Crippen LogP contribution in [0.3, 0.4) is 0 Å². The second-order valence-corrected chi connectivity index (χ2v) is 25.9. The molecule has 0 heterocycles. The zero-order valence-corrected chi connectivity index (χ0v) is 44.6. The van der Waals surface area contributed by atoms with E-state index in [1.165, 1.54) is 0 Å². The summed E-state index contributed by atoms with van der Waals surface area (Å²) in [6, 6.07) is 0. The third-order valence-electron chi connectivity index (χ3n) is 9.79. The van der Waals surface area contributed by atoms with Crippen LogP contribution in [0.1, 0.15) is 168 Å². The fourth-order valence-electron chi connectivity index (χ4n) is 7.05. The van der Waals surface area contributed by atoms with Crippen LogP contribution >= 0.6 is 38.0 Å². The van der Waals surface area contributed by atoms with Gasteiger partial charge >= 0.3 is 38.0 Å². The molecule has 0 aromatic carbocycles. The number of hydrogen-bond acceptors (Lipinski definition) is 15. The maximum Gasteiger partial charge on any atom is 0.334 e. The normalized spacial score (nSPS) is 15.6. The molecule has 0 aromatic heterocycles. The van der Waals surface area contributed by atoms with Crippen LogP contribution in [-0.2, 0) is 68.1 Å². The SMILES string of the molecule is CCOP(=O)(OCC)C(C)CCCCC(C(CC)P(=O)(OCC)OCC)P(=O)(OCC)OCC.CCOP(=O)(OCC)C(C)CCCCCC(CC)P(=O)(OCC)OCC. The number of unbranched alkanes of at least 4 members (excludes halogenated alkanes) is 3. The first-order valence-corrected chi connectivity index (χ1v) is 30.9. The smallest absolute Gasteiger partial charge is 0.309 e. The van der Waals surface area contributed by atoms with Crippen molar-refractivity contribution in [3.05, 3.63) is 0 Å². The standard InChI is InChI=1S/C22H49O9P3.C18H40O6P2/c1-9-21(33(24,28-12-4)29-13-5)22(34(25,30-14-6)31-15-7)19-17-16-18-20(8)32(23,26-10-2)27-11-3;1-7-18(26(20,23-10-4)24-11-5)16-14-12-13-15-17(6)25(19,21-8-2)22-9-3/h20-22H,9-19H2,1-8H3;17-18H,7-16H2,1-6H3. The van der Waals surface area contributed by atoms with Gasteiger partial charge in [-0.2, -0.15) is 0 Å². The van der Waals surface area contributed by atoms with Crippen LogP contribution in [0.2, 0.25) is 0 Å². The summed E-state index contributed by atoms with van der Waals surface area (Å²) >= 11 is 0. The molecule has 0 saturated carbocycles. The van der Waals surface area contributed by atoms with Crippen molar-refractivity contribution in [2.45, 2.75) is 196 Å². The lowest BCUT2D eigenvalue weighted by Gasteiger charge is -2.35. The van der Waals surface area contributed by atoms with Crippen LogP contribution in [0.15, 0.2) is 0 Å². The Balaban J connectivity index is 0. The molecule has 20 heteroatoms. The second kappa shape index (κ2) is 35.0. The first kappa shape index (κ1) is 62.8. The zero-order valence-electron chi connectivity index (χ0n) is 40.1. The minimum Gasteiger partial charge on any atom is -0.309 e. The van der Waals surface area contributed by atoms with Gasteiger partial charge in [-0.05, 0) is 108 Å². The summed E-state index contributed by atoms with van der Waals surface area (Å²) in [5.74, 6) is 0. The lowest BCUT2D eigenvalue weighted by molar-refractivity contribution is 0.191. The molecule has 0 radical (unpaired) electrons. The van der Waals surface area contributed by atoms with E-state index in [1.54, 1.807) is 41.5 Å². The Morgan fingerprint density at radius 1 is 0.300 bits per heavy atom. The first-order chi connectivity index (χ1) is 28.4. The van der Waals surface area contributed by atoms with Gasteiger partial charge in [0.2, 0.25) is 0 Å². The molecule has 364 valence electrons. The predicted octanol–water partition coefficient (Wildman–Crippen LogP) is 14.5. The summed E-state index contributed by atoms with van der Waals surface area (Å²) in [5, 5.41) is 0. The molecule has 0 saturated heterocycles. The molecule has 5 unspecified atom stereocenters. The molecule has 0 aliphatic carbocycles. The van der Waals surface area contributed by atoms with E-state index in [-0.39, 0.29) is 43.4 Å². The Kier molecular flexibility index (Phi) is 36.7. The fraction of sp³-hybridized carbons (Fsp3) is 1.00. The minimum absolute atomic E-state index is 0.0576. The van der Waals surface area contributed by atoms with E-state index in [4.69, 9.17) is 45.2 Å². The number of rotatable bonds is 39. The molecule has 0 aromatic rings. The van der Waals surface area contributed by atoms with Gasteiger partial charge in [0, 0.05) is 0 Å². The molecule has 0 fully saturated rings. The molecule has 0 amide bonds. The summed E-state index contributed by atoms with van der Waals surface area (Å²) in [4.78, 5) is 0. The average Bonchev–Trinajstić information content (AvgIpc) is 3.18. The molecule has 0 N–H and O–H groups in total. The van der Waals surface area contributed by atoms with E-state index in [0.717, 1.165) is 38.5 Å². The Bertz CT molecular complexity index is 1260. The fourth-order valence-corrected chi connectivity index (χ4v) is 18.3. The van der Waals surface area contributed by atoms with Gasteiger partial charge in [0.05, 0.1) is 94.4 Å². The highest BCUT2D eigenvalue weighted by atomic mass is 31.2. The van der Waals surface area contributed by atoms with Crippen molar-refractivity contribution in [1.82, 2.24) is 0 Å². The van der Waals surface area contributed by atoms with Gasteiger partial charge in [0.1, 0.15) is 0 Å². The molecule has 0 spiro atoms. The molecule has 5 atom stereocenters. The largest absolute Gasteiger partial charge is 0.334 e. The molecule has 15 nitrogen and oxygen atoms in total. The van der Waals surface area contributed by atoms with Crippen molar-refractivity contribution in [1.29, 1.82) is 0 Å². The van der Waals surface area contributed by atoms with Gasteiger partial charge < -0.3 is 45.2 Å². The Morgan fingerprint density at radius 3 is 0.883 bits per heavy atom. The third-order valence-corrected chi connectivity index (χ3v) is 23.4. The van der Waals surface area contributed by atoms with Crippen molar-refractivity contribution < 1.29 is 68.1 Å². The summed E-state index contributed by atoms with van der Waals surface area (Å²) in [6.45, 7) is 28.7. The Hall–Kier alpha value is 0.750. The molecule has 0 aliphatic rings. The molecule has 0 aliphatic heterocycles. The van der Waals surface area contributed by atoms with E-state index in [1.807, 2.05) is 55.4 Å². The van der Waals surface area contributed by atoms with Crippen LogP contribution in [0.25, 0.3) is 0 Å². The van der Waals surface area contributed by atoms with Gasteiger partial charge in [-0.1, -0.05) is 59.8 Å². The van der Waals surface area contributed by atoms with Crippen molar-refractivity contribution in [3.63, 3.8) is 0 Å². The number of hydrogen-bond donors (Lipinski definition) is 0. The molecule has 0 rings (SSSR count). The summed E-state index contributed by atoms with van der Waals surface area (Å²) in [7, 11) is -16.4. The van der Waals surface area contributed by atoms with Gasteiger partial charge in [0.25, 0.3) is 0 Å². The highest BCUT2D eigenvalue weighted by molar-refractivity contribution is 7.59. The van der Waals surface area contributed by atoms with Crippen LogP contribution < -0.4 is 0 Å². The summed E-state index contributed by atoms with van der Waals surface area (Å²) < 4.78 is 121. The second-order valence-electron chi connectivity index (χ2n) is 14.1. The van der Waals surface area contributed by atoms with E-state index in [0.29, 0.717) is 71.7 Å². The van der Waals surface area contributed by atoms with Gasteiger partial charge in [-0.15, -0.1) is 0 Å². The van der Waals surface area contributed by atoms with Crippen molar-refractivity contribution in [3.8, 4) is 0 Å². The van der Waals surface area contributed by atoms with E-state index in [9.17, 15) is 22.8 Å². The van der Waals surface area contributed by atoms with E-state index in [2.05, 4.69) is 0 Å². The topological polar surface area (TPSA) is 178 Å². The van der Waals surface area contributed by atoms with Gasteiger partial charge in [-0.25, -0.2) is 0 Å². The van der Waals surface area contributed by atoms with Crippen LogP contribution in [0, 0.1) is 0 Å². The lowest BCUT2D eigenvalue weighted by Crippen LogP contribution is -2.30. The Labute approximate surface area is 366 Å². The van der Waals surface area contributed by atoms with Crippen LogP contribution in [0.5, 0.6) is 0 Å². The minimum atomic E-state index is -3.60. The van der Waals surface area contributed by atoms with Gasteiger partial charge in [-0.3, -0.25) is 22.8 Å². The van der Waals surface area contributed by atoms with E-state index >= 15 is 0 Å². The summed E-state index contributed by atoms with van der Waals surface area (Å²) in [5.41, 5.74) is -1.72. The maximum absolute atomic E-state index is 13.9. The molecular formula is C40H89O15P5. The van der Waals surface area contributed by atoms with Crippen molar-refractivity contribution in [2.24, 2.45) is 0 Å². The van der Waals surface area contributed by atoms with Crippen LogP contribution in [0.4, 0.5) is 0 Å².